The van der Waals surface area contributed by atoms with Crippen LogP contribution in [0.3, 0.4) is 0 Å². The lowest BCUT2D eigenvalue weighted by molar-refractivity contribution is 0.735. The maximum absolute atomic E-state index is 5.81. The third kappa shape index (κ3) is 2.45. The zero-order valence-corrected chi connectivity index (χ0v) is 12.9. The van der Waals surface area contributed by atoms with Crippen LogP contribution in [0.4, 0.5) is 0 Å². The number of aromatic nitrogens is 2. The molecule has 0 saturated carbocycles. The molecule has 3 heteroatoms. The third-order valence-electron chi connectivity index (χ3n) is 3.99. The van der Waals surface area contributed by atoms with Gasteiger partial charge in [0.05, 0.1) is 11.0 Å². The molecule has 3 nitrogen and oxygen atoms in total. The van der Waals surface area contributed by atoms with Crippen LogP contribution >= 0.6 is 0 Å². The van der Waals surface area contributed by atoms with Gasteiger partial charge in [-0.3, -0.25) is 0 Å². The first-order valence-electron chi connectivity index (χ1n) is 7.34. The van der Waals surface area contributed by atoms with E-state index in [9.17, 15) is 0 Å². The zero-order chi connectivity index (χ0) is 15.0. The summed E-state index contributed by atoms with van der Waals surface area (Å²) in [6, 6.07) is 12.8. The predicted molar refractivity (Wildman–Crippen MR) is 88.4 cm³/mol. The van der Waals surface area contributed by atoms with Crippen molar-refractivity contribution in [1.82, 2.24) is 9.55 Å². The Labute approximate surface area is 125 Å². The highest BCUT2D eigenvalue weighted by Gasteiger charge is 2.13. The fourth-order valence-electron chi connectivity index (χ4n) is 2.74. The topological polar surface area (TPSA) is 43.8 Å². The Morgan fingerprint density at radius 1 is 1.05 bits per heavy atom. The number of aryl methyl sites for hydroxylation is 3. The minimum absolute atomic E-state index is 0.608. The average molecular weight is 279 g/mol. The average Bonchev–Trinajstić information content (AvgIpc) is 2.78. The van der Waals surface area contributed by atoms with E-state index in [1.807, 2.05) is 0 Å². The van der Waals surface area contributed by atoms with Gasteiger partial charge in [0, 0.05) is 18.7 Å². The van der Waals surface area contributed by atoms with Crippen molar-refractivity contribution in [3.05, 3.63) is 53.1 Å². The third-order valence-corrected chi connectivity index (χ3v) is 3.99. The fraction of sp³-hybridized carbons (Fsp3) is 0.278. The van der Waals surface area contributed by atoms with Gasteiger partial charge in [0.25, 0.3) is 0 Å². The fourth-order valence-corrected chi connectivity index (χ4v) is 2.74. The molecule has 1 heterocycles. The zero-order valence-electron chi connectivity index (χ0n) is 12.9. The molecule has 0 fully saturated rings. The van der Waals surface area contributed by atoms with E-state index in [0.717, 1.165) is 23.4 Å². The Hall–Kier alpha value is -2.13. The molecule has 0 bridgehead atoms. The molecule has 3 aromatic rings. The summed E-state index contributed by atoms with van der Waals surface area (Å²) in [7, 11) is 0. The van der Waals surface area contributed by atoms with Crippen LogP contribution in [-0.2, 0) is 6.54 Å². The van der Waals surface area contributed by atoms with E-state index < -0.39 is 0 Å². The number of fused-ring (bicyclic) bond motifs is 1. The maximum atomic E-state index is 5.81. The molecule has 3 rings (SSSR count). The summed E-state index contributed by atoms with van der Waals surface area (Å²) in [5.74, 6) is 1.00. The molecule has 0 unspecified atom stereocenters. The SMILES string of the molecule is Cc1cccc(-c2nc3cc(C)c(C)cc3n2CCN)c1. The predicted octanol–water partition coefficient (Wildman–Crippen LogP) is 3.59. The maximum Gasteiger partial charge on any atom is 0.141 e. The summed E-state index contributed by atoms with van der Waals surface area (Å²) in [4.78, 5) is 4.85. The largest absolute Gasteiger partial charge is 0.329 e. The Morgan fingerprint density at radius 2 is 1.81 bits per heavy atom. The highest BCUT2D eigenvalue weighted by Crippen LogP contribution is 2.27. The van der Waals surface area contributed by atoms with Gasteiger partial charge in [0.1, 0.15) is 5.82 Å². The molecule has 21 heavy (non-hydrogen) atoms. The number of nitrogens with two attached hydrogens (primary N) is 1. The van der Waals surface area contributed by atoms with Crippen LogP contribution in [0.2, 0.25) is 0 Å². The number of rotatable bonds is 3. The summed E-state index contributed by atoms with van der Waals surface area (Å²) < 4.78 is 2.23. The van der Waals surface area contributed by atoms with E-state index in [1.54, 1.807) is 0 Å². The van der Waals surface area contributed by atoms with Gasteiger partial charge in [0.2, 0.25) is 0 Å². The van der Waals surface area contributed by atoms with Crippen LogP contribution in [0.15, 0.2) is 36.4 Å². The summed E-state index contributed by atoms with van der Waals surface area (Å²) in [6.45, 7) is 7.76. The van der Waals surface area contributed by atoms with Crippen molar-refractivity contribution < 1.29 is 0 Å². The van der Waals surface area contributed by atoms with Gasteiger partial charge in [-0.1, -0.05) is 23.8 Å². The first kappa shape index (κ1) is 13.8. The van der Waals surface area contributed by atoms with E-state index >= 15 is 0 Å². The molecule has 0 aliphatic rings. The van der Waals surface area contributed by atoms with Crippen LogP contribution < -0.4 is 5.73 Å². The van der Waals surface area contributed by atoms with E-state index in [4.69, 9.17) is 10.7 Å². The van der Waals surface area contributed by atoms with Gasteiger partial charge >= 0.3 is 0 Å². The molecular weight excluding hydrogens is 258 g/mol. The smallest absolute Gasteiger partial charge is 0.141 e. The standard InChI is InChI=1S/C18H21N3/c1-12-5-4-6-15(9-12)18-20-16-10-13(2)14(3)11-17(16)21(18)8-7-19/h4-6,9-11H,7-8,19H2,1-3H3. The molecule has 0 radical (unpaired) electrons. The lowest BCUT2D eigenvalue weighted by Crippen LogP contribution is -2.11. The van der Waals surface area contributed by atoms with Gasteiger partial charge in [-0.05, 0) is 50.1 Å². The number of imidazole rings is 1. The highest BCUT2D eigenvalue weighted by atomic mass is 15.1. The van der Waals surface area contributed by atoms with Gasteiger partial charge < -0.3 is 10.3 Å². The van der Waals surface area contributed by atoms with Gasteiger partial charge in [-0.2, -0.15) is 0 Å². The van der Waals surface area contributed by atoms with Gasteiger partial charge in [-0.25, -0.2) is 4.98 Å². The second-order valence-electron chi connectivity index (χ2n) is 5.67. The van der Waals surface area contributed by atoms with Gasteiger partial charge in [-0.15, -0.1) is 0 Å². The molecule has 0 aliphatic heterocycles. The minimum Gasteiger partial charge on any atom is -0.329 e. The molecule has 0 saturated heterocycles. The van der Waals surface area contributed by atoms with Crippen molar-refractivity contribution in [2.45, 2.75) is 27.3 Å². The molecule has 2 N–H and O–H groups in total. The van der Waals surface area contributed by atoms with E-state index in [2.05, 4.69) is 61.7 Å². The highest BCUT2D eigenvalue weighted by molar-refractivity contribution is 5.82. The molecule has 108 valence electrons. The monoisotopic (exact) mass is 279 g/mol. The lowest BCUT2D eigenvalue weighted by atomic mass is 10.1. The van der Waals surface area contributed by atoms with Crippen LogP contribution in [0, 0.1) is 20.8 Å². The molecule has 2 aromatic carbocycles. The Bertz CT molecular complexity index is 800. The first-order valence-corrected chi connectivity index (χ1v) is 7.34. The van der Waals surface area contributed by atoms with Crippen molar-refractivity contribution >= 4 is 11.0 Å². The Kier molecular flexibility index (Phi) is 3.52. The molecular formula is C18H21N3. The second kappa shape index (κ2) is 5.34. The summed E-state index contributed by atoms with van der Waals surface area (Å²) in [5.41, 5.74) is 13.0. The number of benzene rings is 2. The first-order chi connectivity index (χ1) is 10.1. The normalized spacial score (nSPS) is 11.2. The van der Waals surface area contributed by atoms with Gasteiger partial charge in [0.15, 0.2) is 0 Å². The van der Waals surface area contributed by atoms with E-state index in [1.165, 1.54) is 22.2 Å². The quantitative estimate of drug-likeness (QED) is 0.796. The number of hydrogen-bond acceptors (Lipinski definition) is 2. The molecule has 0 atom stereocenters. The summed E-state index contributed by atoms with van der Waals surface area (Å²) >= 11 is 0. The van der Waals surface area contributed by atoms with Crippen molar-refractivity contribution in [3.63, 3.8) is 0 Å². The van der Waals surface area contributed by atoms with Crippen molar-refractivity contribution in [1.29, 1.82) is 0 Å². The second-order valence-corrected chi connectivity index (χ2v) is 5.67. The number of hydrogen-bond donors (Lipinski definition) is 1. The molecule has 1 aromatic heterocycles. The van der Waals surface area contributed by atoms with Crippen LogP contribution in [0.25, 0.3) is 22.4 Å². The van der Waals surface area contributed by atoms with Crippen LogP contribution in [-0.4, -0.2) is 16.1 Å². The van der Waals surface area contributed by atoms with Crippen molar-refractivity contribution in [2.75, 3.05) is 6.54 Å². The van der Waals surface area contributed by atoms with E-state index in [-0.39, 0.29) is 0 Å². The van der Waals surface area contributed by atoms with Crippen molar-refractivity contribution in [3.8, 4) is 11.4 Å². The summed E-state index contributed by atoms with van der Waals surface area (Å²) in [5, 5.41) is 0. The van der Waals surface area contributed by atoms with Crippen LogP contribution in [0.5, 0.6) is 0 Å². The Balaban J connectivity index is 2.28. The molecule has 0 spiro atoms. The van der Waals surface area contributed by atoms with E-state index in [0.29, 0.717) is 6.54 Å². The minimum atomic E-state index is 0.608. The lowest BCUT2D eigenvalue weighted by Gasteiger charge is -2.09. The van der Waals surface area contributed by atoms with Crippen molar-refractivity contribution in [2.24, 2.45) is 5.73 Å². The van der Waals surface area contributed by atoms with Crippen LogP contribution in [0.1, 0.15) is 16.7 Å². The summed E-state index contributed by atoms with van der Waals surface area (Å²) in [6.07, 6.45) is 0. The molecule has 0 amide bonds. The Morgan fingerprint density at radius 3 is 2.52 bits per heavy atom. The number of nitrogens with zero attached hydrogens (tertiary/aromatic N) is 2. The molecule has 0 aliphatic carbocycles.